The zero-order valence-corrected chi connectivity index (χ0v) is 15.1. The molecule has 1 unspecified atom stereocenters. The van der Waals surface area contributed by atoms with Gasteiger partial charge >= 0.3 is 0 Å². The fraction of sp³-hybridized carbons (Fsp3) is 0.941. The SMILES string of the molecule is CCNC(=NCCN(CCOC)C1CC1)N1CCC(COC)C1. The van der Waals surface area contributed by atoms with E-state index < -0.39 is 0 Å². The first-order valence-electron chi connectivity index (χ1n) is 9.03. The molecule has 0 bridgehead atoms. The van der Waals surface area contributed by atoms with Crippen LogP contribution in [0.3, 0.4) is 0 Å². The Labute approximate surface area is 141 Å². The summed E-state index contributed by atoms with van der Waals surface area (Å²) in [6.45, 7) is 9.74. The summed E-state index contributed by atoms with van der Waals surface area (Å²) in [5.74, 6) is 1.70. The third kappa shape index (κ3) is 6.28. The molecule has 0 aromatic carbocycles. The lowest BCUT2D eigenvalue weighted by Crippen LogP contribution is -2.41. The van der Waals surface area contributed by atoms with Crippen LogP contribution in [-0.2, 0) is 9.47 Å². The molecule has 1 N–H and O–H groups in total. The summed E-state index contributed by atoms with van der Waals surface area (Å²) in [4.78, 5) is 9.76. The second-order valence-electron chi connectivity index (χ2n) is 6.55. The Morgan fingerprint density at radius 3 is 2.70 bits per heavy atom. The smallest absolute Gasteiger partial charge is 0.193 e. The molecular formula is C17H34N4O2. The summed E-state index contributed by atoms with van der Waals surface area (Å²) in [5, 5.41) is 3.44. The third-order valence-electron chi connectivity index (χ3n) is 4.62. The Balaban J connectivity index is 1.80. The Morgan fingerprint density at radius 1 is 1.22 bits per heavy atom. The summed E-state index contributed by atoms with van der Waals surface area (Å²) in [6, 6.07) is 0.765. The highest BCUT2D eigenvalue weighted by molar-refractivity contribution is 5.80. The lowest BCUT2D eigenvalue weighted by molar-refractivity contribution is 0.145. The molecule has 6 nitrogen and oxygen atoms in total. The Kier molecular flexibility index (Phi) is 8.12. The van der Waals surface area contributed by atoms with Gasteiger partial charge in [0, 0.05) is 58.9 Å². The molecular weight excluding hydrogens is 292 g/mol. The van der Waals surface area contributed by atoms with E-state index in [2.05, 4.69) is 22.0 Å². The molecule has 1 aliphatic carbocycles. The van der Waals surface area contributed by atoms with E-state index in [1.807, 2.05) is 0 Å². The van der Waals surface area contributed by atoms with Gasteiger partial charge in [-0.15, -0.1) is 0 Å². The van der Waals surface area contributed by atoms with Crippen molar-refractivity contribution in [2.24, 2.45) is 10.9 Å². The molecule has 134 valence electrons. The Bertz CT molecular complexity index is 361. The van der Waals surface area contributed by atoms with Crippen molar-refractivity contribution >= 4 is 5.96 Å². The van der Waals surface area contributed by atoms with Gasteiger partial charge in [0.2, 0.25) is 0 Å². The first-order valence-corrected chi connectivity index (χ1v) is 9.03. The average Bonchev–Trinajstić information content (AvgIpc) is 3.29. The highest BCUT2D eigenvalue weighted by Gasteiger charge is 2.28. The third-order valence-corrected chi connectivity index (χ3v) is 4.62. The van der Waals surface area contributed by atoms with Crippen LogP contribution in [0.15, 0.2) is 4.99 Å². The van der Waals surface area contributed by atoms with Crippen molar-refractivity contribution in [1.82, 2.24) is 15.1 Å². The maximum Gasteiger partial charge on any atom is 0.193 e. The van der Waals surface area contributed by atoms with Gasteiger partial charge in [0.05, 0.1) is 19.8 Å². The van der Waals surface area contributed by atoms with E-state index in [-0.39, 0.29) is 0 Å². The van der Waals surface area contributed by atoms with Gasteiger partial charge in [0.15, 0.2) is 5.96 Å². The van der Waals surface area contributed by atoms with Crippen molar-refractivity contribution < 1.29 is 9.47 Å². The summed E-state index contributed by atoms with van der Waals surface area (Å²) < 4.78 is 10.5. The molecule has 1 aliphatic heterocycles. The van der Waals surface area contributed by atoms with Crippen LogP contribution in [0.25, 0.3) is 0 Å². The molecule has 0 radical (unpaired) electrons. The summed E-state index contributed by atoms with van der Waals surface area (Å²) in [7, 11) is 3.56. The van der Waals surface area contributed by atoms with Crippen LogP contribution in [0, 0.1) is 5.92 Å². The highest BCUT2D eigenvalue weighted by Crippen LogP contribution is 2.26. The number of nitrogens with zero attached hydrogens (tertiary/aromatic N) is 3. The topological polar surface area (TPSA) is 49.3 Å². The summed E-state index contributed by atoms with van der Waals surface area (Å²) in [6.07, 6.45) is 3.86. The zero-order chi connectivity index (χ0) is 16.5. The van der Waals surface area contributed by atoms with Crippen LogP contribution in [-0.4, -0.2) is 88.5 Å². The minimum atomic E-state index is 0.633. The lowest BCUT2D eigenvalue weighted by Gasteiger charge is -2.23. The number of guanidine groups is 1. The average molecular weight is 326 g/mol. The fourth-order valence-electron chi connectivity index (χ4n) is 3.23. The van der Waals surface area contributed by atoms with Crippen LogP contribution in [0.1, 0.15) is 26.2 Å². The molecule has 23 heavy (non-hydrogen) atoms. The van der Waals surface area contributed by atoms with Gasteiger partial charge in [-0.05, 0) is 26.2 Å². The van der Waals surface area contributed by atoms with Crippen molar-refractivity contribution in [3.8, 4) is 0 Å². The Hall–Kier alpha value is -0.850. The molecule has 0 aromatic rings. The van der Waals surface area contributed by atoms with E-state index in [1.165, 1.54) is 19.3 Å². The van der Waals surface area contributed by atoms with Crippen LogP contribution < -0.4 is 5.32 Å². The highest BCUT2D eigenvalue weighted by atomic mass is 16.5. The number of hydrogen-bond donors (Lipinski definition) is 1. The van der Waals surface area contributed by atoms with Gasteiger partial charge < -0.3 is 19.7 Å². The minimum absolute atomic E-state index is 0.633. The first-order chi connectivity index (χ1) is 11.3. The molecule has 6 heteroatoms. The van der Waals surface area contributed by atoms with Crippen LogP contribution >= 0.6 is 0 Å². The van der Waals surface area contributed by atoms with Crippen molar-refractivity contribution in [3.63, 3.8) is 0 Å². The van der Waals surface area contributed by atoms with Gasteiger partial charge in [0.25, 0.3) is 0 Å². The fourth-order valence-corrected chi connectivity index (χ4v) is 3.23. The zero-order valence-electron chi connectivity index (χ0n) is 15.1. The summed E-state index contributed by atoms with van der Waals surface area (Å²) >= 11 is 0. The summed E-state index contributed by atoms with van der Waals surface area (Å²) in [5.41, 5.74) is 0. The second kappa shape index (κ2) is 10.1. The van der Waals surface area contributed by atoms with E-state index in [1.54, 1.807) is 14.2 Å². The second-order valence-corrected chi connectivity index (χ2v) is 6.55. The van der Waals surface area contributed by atoms with Crippen LogP contribution in [0.4, 0.5) is 0 Å². The number of methoxy groups -OCH3 is 2. The molecule has 1 heterocycles. The van der Waals surface area contributed by atoms with Crippen molar-refractivity contribution in [1.29, 1.82) is 0 Å². The monoisotopic (exact) mass is 326 g/mol. The number of ether oxygens (including phenoxy) is 2. The normalized spacial score (nSPS) is 22.2. The van der Waals surface area contributed by atoms with E-state index in [0.29, 0.717) is 5.92 Å². The van der Waals surface area contributed by atoms with E-state index in [4.69, 9.17) is 14.5 Å². The lowest BCUT2D eigenvalue weighted by atomic mass is 10.1. The Morgan fingerprint density at radius 2 is 2.04 bits per heavy atom. The maximum absolute atomic E-state index is 5.29. The van der Waals surface area contributed by atoms with Crippen molar-refractivity contribution in [2.45, 2.75) is 32.2 Å². The van der Waals surface area contributed by atoms with E-state index >= 15 is 0 Å². The van der Waals surface area contributed by atoms with Crippen LogP contribution in [0.2, 0.25) is 0 Å². The molecule has 2 fully saturated rings. The van der Waals surface area contributed by atoms with Crippen molar-refractivity contribution in [3.05, 3.63) is 0 Å². The molecule has 1 saturated carbocycles. The van der Waals surface area contributed by atoms with Gasteiger partial charge in [0.1, 0.15) is 0 Å². The molecule has 2 rings (SSSR count). The number of rotatable bonds is 10. The predicted molar refractivity (Wildman–Crippen MR) is 94.0 cm³/mol. The number of nitrogens with one attached hydrogen (secondary N) is 1. The molecule has 0 amide bonds. The van der Waals surface area contributed by atoms with Gasteiger partial charge in [-0.3, -0.25) is 9.89 Å². The van der Waals surface area contributed by atoms with Gasteiger partial charge in [-0.2, -0.15) is 0 Å². The molecule has 1 saturated heterocycles. The minimum Gasteiger partial charge on any atom is -0.384 e. The molecule has 2 aliphatic rings. The standard InChI is InChI=1S/C17H34N4O2/c1-4-18-17(21-9-7-15(13-21)14-23-3)19-8-10-20(11-12-22-2)16-5-6-16/h15-16H,4-14H2,1-3H3,(H,18,19). The van der Waals surface area contributed by atoms with E-state index in [0.717, 1.165) is 64.5 Å². The van der Waals surface area contributed by atoms with Crippen molar-refractivity contribution in [2.75, 3.05) is 66.7 Å². The molecule has 0 aromatic heterocycles. The number of likely N-dealkylation sites (tertiary alicyclic amines) is 1. The first kappa shape index (κ1) is 18.5. The van der Waals surface area contributed by atoms with Gasteiger partial charge in [-0.25, -0.2) is 0 Å². The largest absolute Gasteiger partial charge is 0.384 e. The number of hydrogen-bond acceptors (Lipinski definition) is 4. The number of aliphatic imine (C=N–C) groups is 1. The van der Waals surface area contributed by atoms with E-state index in [9.17, 15) is 0 Å². The molecule has 0 spiro atoms. The predicted octanol–water partition coefficient (Wildman–Crippen LogP) is 1.03. The van der Waals surface area contributed by atoms with Gasteiger partial charge in [-0.1, -0.05) is 0 Å². The maximum atomic E-state index is 5.29. The van der Waals surface area contributed by atoms with Crippen LogP contribution in [0.5, 0.6) is 0 Å². The quantitative estimate of drug-likeness (QED) is 0.480. The molecule has 1 atom stereocenters.